The van der Waals surface area contributed by atoms with Crippen molar-refractivity contribution < 1.29 is 19.8 Å². The molecule has 1 aliphatic heterocycles. The Kier molecular flexibility index (Phi) is 5.54. The van der Waals surface area contributed by atoms with Gasteiger partial charge >= 0.3 is 0 Å². The van der Waals surface area contributed by atoms with E-state index in [1.807, 2.05) is 20.8 Å². The first-order valence-corrected chi connectivity index (χ1v) is 8.41. The first-order valence-electron chi connectivity index (χ1n) is 8.03. The summed E-state index contributed by atoms with van der Waals surface area (Å²) < 4.78 is 0. The lowest BCUT2D eigenvalue weighted by molar-refractivity contribution is -0.129. The van der Waals surface area contributed by atoms with Crippen LogP contribution in [0.5, 0.6) is 5.75 Å². The summed E-state index contributed by atoms with van der Waals surface area (Å²) in [5.41, 5.74) is 0.708. The molecule has 0 fully saturated rings. The summed E-state index contributed by atoms with van der Waals surface area (Å²) in [6, 6.07) is 3.88. The average Bonchev–Trinajstić information content (AvgIpc) is 2.75. The molecule has 6 heteroatoms. The maximum atomic E-state index is 12.6. The Bertz CT molecular complexity index is 696. The molecule has 0 spiro atoms. The molecule has 1 aromatic carbocycles. The number of ketones is 1. The van der Waals surface area contributed by atoms with E-state index in [0.717, 1.165) is 0 Å². The predicted molar refractivity (Wildman–Crippen MR) is 92.0 cm³/mol. The highest BCUT2D eigenvalue weighted by Gasteiger charge is 2.43. The van der Waals surface area contributed by atoms with Crippen molar-refractivity contribution in [3.63, 3.8) is 0 Å². The van der Waals surface area contributed by atoms with E-state index in [-0.39, 0.29) is 34.5 Å². The van der Waals surface area contributed by atoms with Crippen LogP contribution in [0, 0.1) is 5.92 Å². The van der Waals surface area contributed by atoms with Crippen molar-refractivity contribution in [1.82, 2.24) is 4.90 Å². The molecule has 2 N–H and O–H groups in total. The monoisotopic (exact) mass is 351 g/mol. The van der Waals surface area contributed by atoms with E-state index < -0.39 is 17.7 Å². The molecule has 130 valence electrons. The molecule has 5 nitrogen and oxygen atoms in total. The van der Waals surface area contributed by atoms with Gasteiger partial charge in [-0.3, -0.25) is 9.59 Å². The molecule has 1 aromatic rings. The molecule has 0 bridgehead atoms. The maximum absolute atomic E-state index is 12.6. The van der Waals surface area contributed by atoms with Crippen LogP contribution >= 0.6 is 11.6 Å². The summed E-state index contributed by atoms with van der Waals surface area (Å²) in [6.07, 6.45) is 0.932. The molecule has 0 saturated heterocycles. The molecule has 1 unspecified atom stereocenters. The number of rotatable bonds is 6. The van der Waals surface area contributed by atoms with Crippen molar-refractivity contribution in [1.29, 1.82) is 0 Å². The molecule has 0 aliphatic carbocycles. The molecular formula is C18H22ClNO4. The number of hydrogen-bond acceptors (Lipinski definition) is 4. The summed E-state index contributed by atoms with van der Waals surface area (Å²) in [6.45, 7) is 6.13. The number of amides is 1. The highest BCUT2D eigenvalue weighted by molar-refractivity contribution is 6.32. The number of benzene rings is 1. The molecule has 2 rings (SSSR count). The minimum atomic E-state index is -0.679. The Hall–Kier alpha value is -2.01. The van der Waals surface area contributed by atoms with E-state index in [2.05, 4.69) is 0 Å². The van der Waals surface area contributed by atoms with E-state index in [1.54, 1.807) is 6.07 Å². The van der Waals surface area contributed by atoms with Crippen LogP contribution in [0.1, 0.15) is 45.2 Å². The Morgan fingerprint density at radius 3 is 2.54 bits per heavy atom. The van der Waals surface area contributed by atoms with E-state index >= 15 is 0 Å². The number of phenols is 1. The number of phenolic OH excluding ortho intramolecular Hbond substituents is 1. The lowest BCUT2D eigenvalue weighted by Crippen LogP contribution is -2.31. The fraction of sp³-hybridized carbons (Fsp3) is 0.444. The number of carbonyl (C=O) groups excluding carboxylic acids is 2. The van der Waals surface area contributed by atoms with Gasteiger partial charge in [-0.2, -0.15) is 0 Å². The van der Waals surface area contributed by atoms with E-state index in [9.17, 15) is 19.8 Å². The van der Waals surface area contributed by atoms with Gasteiger partial charge in [0.2, 0.25) is 0 Å². The largest absolute Gasteiger partial charge is 0.506 e. The van der Waals surface area contributed by atoms with Crippen LogP contribution in [-0.4, -0.2) is 33.3 Å². The number of Topliss-reactive ketones (excluding diaryl/α,β-unsaturated/α-hetero) is 1. The predicted octanol–water partition coefficient (Wildman–Crippen LogP) is 3.77. The molecule has 0 radical (unpaired) electrons. The summed E-state index contributed by atoms with van der Waals surface area (Å²) in [7, 11) is 0. The van der Waals surface area contributed by atoms with Crippen molar-refractivity contribution in [2.45, 2.75) is 39.7 Å². The molecule has 1 aliphatic rings. The van der Waals surface area contributed by atoms with E-state index in [4.69, 9.17) is 11.6 Å². The number of halogens is 1. The zero-order valence-electron chi connectivity index (χ0n) is 14.0. The van der Waals surface area contributed by atoms with E-state index in [1.165, 1.54) is 17.0 Å². The second-order valence-electron chi connectivity index (χ2n) is 6.40. The van der Waals surface area contributed by atoms with Gasteiger partial charge in [-0.05, 0) is 30.0 Å². The Labute approximate surface area is 146 Å². The molecule has 1 atom stereocenters. The fourth-order valence-electron chi connectivity index (χ4n) is 2.93. The van der Waals surface area contributed by atoms with Crippen LogP contribution in [0.25, 0.3) is 0 Å². The van der Waals surface area contributed by atoms with Crippen molar-refractivity contribution in [2.75, 3.05) is 6.54 Å². The molecule has 24 heavy (non-hydrogen) atoms. The van der Waals surface area contributed by atoms with Gasteiger partial charge in [-0.15, -0.1) is 0 Å². The van der Waals surface area contributed by atoms with Gasteiger partial charge < -0.3 is 15.1 Å². The number of aromatic hydroxyl groups is 1. The zero-order valence-corrected chi connectivity index (χ0v) is 14.8. The standard InChI is InChI=1S/C18H22ClNO4/c1-4-7-20-16(11-5-6-13(21)12(19)9-11)15(17(23)18(20)24)14(22)8-10(2)3/h5-6,9-10,16,21,23H,4,7-8H2,1-3H3. The Balaban J connectivity index is 2.53. The highest BCUT2D eigenvalue weighted by Crippen LogP contribution is 2.40. The fourth-order valence-corrected chi connectivity index (χ4v) is 3.12. The first-order chi connectivity index (χ1) is 11.3. The number of aliphatic hydroxyl groups excluding tert-OH is 1. The van der Waals surface area contributed by atoms with Crippen molar-refractivity contribution >= 4 is 23.3 Å². The normalized spacial score (nSPS) is 18.0. The minimum Gasteiger partial charge on any atom is -0.506 e. The summed E-state index contributed by atoms with van der Waals surface area (Å²) in [5.74, 6) is -1.24. The van der Waals surface area contributed by atoms with Crippen LogP contribution in [0.4, 0.5) is 0 Å². The number of carbonyl (C=O) groups is 2. The van der Waals surface area contributed by atoms with Crippen molar-refractivity contribution in [3.05, 3.63) is 40.1 Å². The lowest BCUT2D eigenvalue weighted by atomic mass is 9.92. The van der Waals surface area contributed by atoms with Gasteiger partial charge in [0, 0.05) is 13.0 Å². The van der Waals surface area contributed by atoms with Gasteiger partial charge in [0.15, 0.2) is 11.5 Å². The molecule has 0 aromatic heterocycles. The van der Waals surface area contributed by atoms with Gasteiger partial charge in [0.05, 0.1) is 16.6 Å². The third-order valence-electron chi connectivity index (χ3n) is 3.95. The number of hydrogen-bond donors (Lipinski definition) is 2. The maximum Gasteiger partial charge on any atom is 0.290 e. The van der Waals surface area contributed by atoms with Gasteiger partial charge in [-0.1, -0.05) is 38.4 Å². The van der Waals surface area contributed by atoms with E-state index in [0.29, 0.717) is 18.5 Å². The first kappa shape index (κ1) is 18.3. The smallest absolute Gasteiger partial charge is 0.290 e. The second kappa shape index (κ2) is 7.26. The van der Waals surface area contributed by atoms with Crippen LogP contribution in [0.3, 0.4) is 0 Å². The van der Waals surface area contributed by atoms with Crippen molar-refractivity contribution in [3.8, 4) is 5.75 Å². The number of nitrogens with zero attached hydrogens (tertiary/aromatic N) is 1. The quantitative estimate of drug-likeness (QED) is 0.817. The van der Waals surface area contributed by atoms with Crippen LogP contribution in [0.15, 0.2) is 29.5 Å². The second-order valence-corrected chi connectivity index (χ2v) is 6.80. The zero-order chi connectivity index (χ0) is 18.0. The minimum absolute atomic E-state index is 0.0740. The highest BCUT2D eigenvalue weighted by atomic mass is 35.5. The van der Waals surface area contributed by atoms with Crippen LogP contribution < -0.4 is 0 Å². The molecule has 1 amide bonds. The molecule has 0 saturated carbocycles. The van der Waals surface area contributed by atoms with Crippen LogP contribution in [-0.2, 0) is 9.59 Å². The number of aliphatic hydroxyl groups is 1. The lowest BCUT2D eigenvalue weighted by Gasteiger charge is -2.26. The van der Waals surface area contributed by atoms with Gasteiger partial charge in [0.1, 0.15) is 5.75 Å². The van der Waals surface area contributed by atoms with Crippen molar-refractivity contribution in [2.24, 2.45) is 5.92 Å². The Morgan fingerprint density at radius 1 is 1.33 bits per heavy atom. The van der Waals surface area contributed by atoms with Gasteiger partial charge in [0.25, 0.3) is 5.91 Å². The topological polar surface area (TPSA) is 77.8 Å². The third kappa shape index (κ3) is 3.41. The molecule has 1 heterocycles. The van der Waals surface area contributed by atoms with Gasteiger partial charge in [-0.25, -0.2) is 0 Å². The van der Waals surface area contributed by atoms with Crippen LogP contribution in [0.2, 0.25) is 5.02 Å². The third-order valence-corrected chi connectivity index (χ3v) is 4.25. The Morgan fingerprint density at radius 2 is 2.00 bits per heavy atom. The summed E-state index contributed by atoms with van der Waals surface area (Å²) in [5, 5.41) is 20.0. The average molecular weight is 352 g/mol. The SMILES string of the molecule is CCCN1C(=O)C(O)=C(C(=O)CC(C)C)C1c1ccc(O)c(Cl)c1. The summed E-state index contributed by atoms with van der Waals surface area (Å²) >= 11 is 5.98. The molecular weight excluding hydrogens is 330 g/mol. The summed E-state index contributed by atoms with van der Waals surface area (Å²) in [4.78, 5) is 26.5.